The summed E-state index contributed by atoms with van der Waals surface area (Å²) in [7, 11) is 1.72. The normalized spacial score (nSPS) is 9.92. The fourth-order valence-corrected chi connectivity index (χ4v) is 0.783. The number of nitrogens with zero attached hydrogens (tertiary/aromatic N) is 3. The minimum atomic E-state index is 0.0115. The second kappa shape index (κ2) is 3.34. The summed E-state index contributed by atoms with van der Waals surface area (Å²) in [6.45, 7) is 3.80. The predicted octanol–water partition coefficient (Wildman–Crippen LogP) is 0.0914. The van der Waals surface area contributed by atoms with Gasteiger partial charge in [-0.2, -0.15) is 5.10 Å². The van der Waals surface area contributed by atoms with E-state index in [0.29, 0.717) is 12.4 Å². The van der Waals surface area contributed by atoms with Gasteiger partial charge in [0.1, 0.15) is 5.82 Å². The van der Waals surface area contributed by atoms with Gasteiger partial charge in [0.15, 0.2) is 5.82 Å². The summed E-state index contributed by atoms with van der Waals surface area (Å²) < 4.78 is 0. The smallest absolute Gasteiger partial charge is 0.219 e. The van der Waals surface area contributed by atoms with Crippen LogP contribution in [0, 0.1) is 6.92 Å². The van der Waals surface area contributed by atoms with Gasteiger partial charge in [-0.15, -0.1) is 0 Å². The number of rotatable bonds is 2. The van der Waals surface area contributed by atoms with E-state index in [-0.39, 0.29) is 5.91 Å². The highest BCUT2D eigenvalue weighted by Gasteiger charge is 2.06. The van der Waals surface area contributed by atoms with E-state index in [0.717, 1.165) is 5.82 Å². The van der Waals surface area contributed by atoms with Crippen LogP contribution in [-0.2, 0) is 11.3 Å². The van der Waals surface area contributed by atoms with Gasteiger partial charge in [0, 0.05) is 14.0 Å². The maximum atomic E-state index is 10.8. The van der Waals surface area contributed by atoms with E-state index < -0.39 is 0 Å². The topological polar surface area (TPSA) is 61.9 Å². The Morgan fingerprint density at radius 3 is 2.75 bits per heavy atom. The summed E-state index contributed by atoms with van der Waals surface area (Å²) in [5.41, 5.74) is 0. The molecule has 5 heteroatoms. The van der Waals surface area contributed by atoms with Crippen molar-refractivity contribution in [2.24, 2.45) is 0 Å². The lowest BCUT2D eigenvalue weighted by Crippen LogP contribution is -2.23. The van der Waals surface area contributed by atoms with Crippen LogP contribution in [0.5, 0.6) is 0 Å². The Kier molecular flexibility index (Phi) is 2.42. The van der Waals surface area contributed by atoms with Gasteiger partial charge in [0.2, 0.25) is 5.91 Å². The Labute approximate surface area is 70.8 Å². The van der Waals surface area contributed by atoms with Crippen molar-refractivity contribution in [1.29, 1.82) is 0 Å². The summed E-state index contributed by atoms with van der Waals surface area (Å²) in [6, 6.07) is 0. The molecule has 1 heterocycles. The quantitative estimate of drug-likeness (QED) is 0.680. The predicted molar refractivity (Wildman–Crippen MR) is 43.3 cm³/mol. The fraction of sp³-hybridized carbons (Fsp3) is 0.571. The van der Waals surface area contributed by atoms with Crippen LogP contribution in [0.3, 0.4) is 0 Å². The number of amides is 1. The summed E-state index contributed by atoms with van der Waals surface area (Å²) >= 11 is 0. The molecule has 0 radical (unpaired) electrons. The average molecular weight is 168 g/mol. The van der Waals surface area contributed by atoms with Crippen LogP contribution in [0.15, 0.2) is 0 Å². The molecule has 5 nitrogen and oxygen atoms in total. The Morgan fingerprint density at radius 2 is 2.33 bits per heavy atom. The molecule has 1 aromatic rings. The van der Waals surface area contributed by atoms with Gasteiger partial charge in [-0.3, -0.25) is 9.89 Å². The third-order valence-electron chi connectivity index (χ3n) is 1.56. The number of aromatic amines is 1. The van der Waals surface area contributed by atoms with Crippen molar-refractivity contribution >= 4 is 5.91 Å². The van der Waals surface area contributed by atoms with E-state index >= 15 is 0 Å². The molecule has 0 saturated carbocycles. The van der Waals surface area contributed by atoms with Crippen molar-refractivity contribution in [2.75, 3.05) is 7.05 Å². The molecule has 0 aromatic carbocycles. The van der Waals surface area contributed by atoms with Crippen molar-refractivity contribution in [1.82, 2.24) is 20.1 Å². The van der Waals surface area contributed by atoms with E-state index in [9.17, 15) is 4.79 Å². The molecule has 0 fully saturated rings. The molecule has 12 heavy (non-hydrogen) atoms. The van der Waals surface area contributed by atoms with Gasteiger partial charge >= 0.3 is 0 Å². The molecule has 0 spiro atoms. The summed E-state index contributed by atoms with van der Waals surface area (Å²) in [4.78, 5) is 16.4. The molecular formula is C7H12N4O. The zero-order valence-corrected chi connectivity index (χ0v) is 7.46. The monoisotopic (exact) mass is 168 g/mol. The molecule has 1 rings (SSSR count). The molecule has 0 aliphatic heterocycles. The lowest BCUT2D eigenvalue weighted by atomic mass is 10.5. The molecular weight excluding hydrogens is 156 g/mol. The first-order valence-corrected chi connectivity index (χ1v) is 3.69. The zero-order valence-electron chi connectivity index (χ0n) is 7.46. The highest BCUT2D eigenvalue weighted by Crippen LogP contribution is 1.95. The molecule has 0 bridgehead atoms. The third kappa shape index (κ3) is 2.05. The second-order valence-electron chi connectivity index (χ2n) is 2.71. The first-order chi connectivity index (χ1) is 5.59. The lowest BCUT2D eigenvalue weighted by molar-refractivity contribution is -0.128. The van der Waals surface area contributed by atoms with Crippen molar-refractivity contribution in [3.63, 3.8) is 0 Å². The number of aryl methyl sites for hydroxylation is 1. The maximum absolute atomic E-state index is 10.8. The summed E-state index contributed by atoms with van der Waals surface area (Å²) in [5, 5.41) is 6.62. The van der Waals surface area contributed by atoms with Crippen LogP contribution >= 0.6 is 0 Å². The van der Waals surface area contributed by atoms with Gasteiger partial charge < -0.3 is 4.90 Å². The number of hydrogen-bond acceptors (Lipinski definition) is 3. The first-order valence-electron chi connectivity index (χ1n) is 3.69. The number of nitrogens with one attached hydrogen (secondary N) is 1. The van der Waals surface area contributed by atoms with E-state index in [1.807, 2.05) is 6.92 Å². The van der Waals surface area contributed by atoms with Crippen molar-refractivity contribution in [2.45, 2.75) is 20.4 Å². The summed E-state index contributed by atoms with van der Waals surface area (Å²) in [5.74, 6) is 1.42. The van der Waals surface area contributed by atoms with E-state index in [4.69, 9.17) is 0 Å². The van der Waals surface area contributed by atoms with Crippen molar-refractivity contribution in [3.8, 4) is 0 Å². The van der Waals surface area contributed by atoms with Crippen molar-refractivity contribution < 1.29 is 4.79 Å². The van der Waals surface area contributed by atoms with Gasteiger partial charge in [-0.05, 0) is 6.92 Å². The molecule has 0 unspecified atom stereocenters. The summed E-state index contributed by atoms with van der Waals surface area (Å²) in [6.07, 6.45) is 0. The van der Waals surface area contributed by atoms with Crippen LogP contribution in [0.2, 0.25) is 0 Å². The van der Waals surface area contributed by atoms with E-state index in [2.05, 4.69) is 15.2 Å². The third-order valence-corrected chi connectivity index (χ3v) is 1.56. The molecule has 1 aromatic heterocycles. The Morgan fingerprint density at radius 1 is 1.67 bits per heavy atom. The molecule has 1 N–H and O–H groups in total. The highest BCUT2D eigenvalue weighted by atomic mass is 16.2. The first kappa shape index (κ1) is 8.70. The number of carbonyl (C=O) groups is 1. The van der Waals surface area contributed by atoms with E-state index in [1.54, 1.807) is 11.9 Å². The van der Waals surface area contributed by atoms with Crippen LogP contribution in [0.1, 0.15) is 18.6 Å². The molecule has 66 valence electrons. The van der Waals surface area contributed by atoms with Gasteiger partial charge in [-0.1, -0.05) is 0 Å². The molecule has 1 amide bonds. The number of H-pyrrole nitrogens is 1. The molecule has 0 aliphatic rings. The fourth-order valence-electron chi connectivity index (χ4n) is 0.783. The maximum Gasteiger partial charge on any atom is 0.219 e. The lowest BCUT2D eigenvalue weighted by Gasteiger charge is -2.10. The molecule has 0 aliphatic carbocycles. The van der Waals surface area contributed by atoms with Crippen LogP contribution in [0.4, 0.5) is 0 Å². The molecule has 0 saturated heterocycles. The SMILES string of the molecule is CC(=O)N(C)Cc1n[nH]c(C)n1. The molecule has 0 atom stereocenters. The van der Waals surface area contributed by atoms with Crippen LogP contribution in [-0.4, -0.2) is 33.0 Å². The van der Waals surface area contributed by atoms with Gasteiger partial charge in [-0.25, -0.2) is 4.98 Å². The number of aromatic nitrogens is 3. The minimum absolute atomic E-state index is 0.0115. The Bertz CT molecular complexity index is 281. The van der Waals surface area contributed by atoms with Crippen LogP contribution in [0.25, 0.3) is 0 Å². The Balaban J connectivity index is 2.58. The van der Waals surface area contributed by atoms with Gasteiger partial charge in [0.05, 0.1) is 6.54 Å². The van der Waals surface area contributed by atoms with Crippen molar-refractivity contribution in [3.05, 3.63) is 11.6 Å². The second-order valence-corrected chi connectivity index (χ2v) is 2.71. The standard InChI is InChI=1S/C7H12N4O/c1-5-8-7(10-9-5)4-11(3)6(2)12/h4H2,1-3H3,(H,8,9,10). The minimum Gasteiger partial charge on any atom is -0.338 e. The number of hydrogen-bond donors (Lipinski definition) is 1. The largest absolute Gasteiger partial charge is 0.338 e. The number of carbonyl (C=O) groups excluding carboxylic acids is 1. The van der Waals surface area contributed by atoms with Crippen LogP contribution < -0.4 is 0 Å². The van der Waals surface area contributed by atoms with Gasteiger partial charge in [0.25, 0.3) is 0 Å². The average Bonchev–Trinajstić information content (AvgIpc) is 2.35. The Hall–Kier alpha value is -1.39. The zero-order chi connectivity index (χ0) is 9.14. The highest BCUT2D eigenvalue weighted by molar-refractivity contribution is 5.72. The van der Waals surface area contributed by atoms with E-state index in [1.165, 1.54) is 6.92 Å².